The Morgan fingerprint density at radius 1 is 1.35 bits per heavy atom. The van der Waals surface area contributed by atoms with Gasteiger partial charge in [-0.25, -0.2) is 0 Å². The van der Waals surface area contributed by atoms with E-state index in [-0.39, 0.29) is 6.54 Å². The normalized spacial score (nSPS) is 20.4. The predicted octanol–water partition coefficient (Wildman–Crippen LogP) is 0.370. The summed E-state index contributed by atoms with van der Waals surface area (Å²) in [4.78, 5) is 10.7. The summed E-state index contributed by atoms with van der Waals surface area (Å²) in [5.74, 6) is -1.68. The van der Waals surface area contributed by atoms with Crippen molar-refractivity contribution in [3.8, 4) is 0 Å². The molecule has 0 bridgehead atoms. The number of nitrogens with zero attached hydrogens (tertiary/aromatic N) is 2. The van der Waals surface area contributed by atoms with Crippen LogP contribution in [0.2, 0.25) is 0 Å². The molecule has 1 atom stereocenters. The molecule has 0 radical (unpaired) electrons. The van der Waals surface area contributed by atoms with E-state index in [0.29, 0.717) is 13.1 Å². The second-order valence-electron chi connectivity index (χ2n) is 4.49. The van der Waals surface area contributed by atoms with Crippen LogP contribution in [0.25, 0.3) is 0 Å². The van der Waals surface area contributed by atoms with E-state index in [1.165, 1.54) is 18.3 Å². The Hall–Kier alpha value is -0.660. The van der Waals surface area contributed by atoms with Gasteiger partial charge < -0.3 is 5.11 Å². The number of carboxylic acids is 1. The zero-order chi connectivity index (χ0) is 13.1. The van der Waals surface area contributed by atoms with Crippen LogP contribution in [0.5, 0.6) is 0 Å². The van der Waals surface area contributed by atoms with Crippen LogP contribution in [-0.2, 0) is 15.0 Å². The summed E-state index contributed by atoms with van der Waals surface area (Å²) in [5.41, 5.74) is 0. The highest BCUT2D eigenvalue weighted by atomic mass is 32.2. The summed E-state index contributed by atoms with van der Waals surface area (Å²) in [6, 6.07) is 0. The van der Waals surface area contributed by atoms with Crippen LogP contribution in [0.3, 0.4) is 0 Å². The van der Waals surface area contributed by atoms with Crippen molar-refractivity contribution in [2.75, 3.05) is 26.7 Å². The topological polar surface area (TPSA) is 77.9 Å². The van der Waals surface area contributed by atoms with Gasteiger partial charge in [0.25, 0.3) is 10.2 Å². The van der Waals surface area contributed by atoms with Crippen molar-refractivity contribution in [3.05, 3.63) is 0 Å². The number of carboxylic acid groups (broad SMARTS) is 1. The van der Waals surface area contributed by atoms with Gasteiger partial charge in [-0.15, -0.1) is 0 Å². The highest BCUT2D eigenvalue weighted by Crippen LogP contribution is 2.16. The summed E-state index contributed by atoms with van der Waals surface area (Å²) >= 11 is 0. The predicted molar refractivity (Wildman–Crippen MR) is 63.8 cm³/mol. The monoisotopic (exact) mass is 264 g/mol. The molecule has 0 aromatic rings. The summed E-state index contributed by atoms with van der Waals surface area (Å²) in [6.45, 7) is 2.58. The van der Waals surface area contributed by atoms with E-state index in [2.05, 4.69) is 0 Å². The van der Waals surface area contributed by atoms with Crippen LogP contribution in [0, 0.1) is 5.92 Å². The van der Waals surface area contributed by atoms with Gasteiger partial charge in [0.1, 0.15) is 0 Å². The molecule has 1 unspecified atom stereocenters. The molecule has 0 spiro atoms. The molecule has 1 rings (SSSR count). The van der Waals surface area contributed by atoms with Gasteiger partial charge in [-0.1, -0.05) is 13.3 Å². The zero-order valence-electron chi connectivity index (χ0n) is 10.3. The van der Waals surface area contributed by atoms with Gasteiger partial charge in [0, 0.05) is 26.7 Å². The van der Waals surface area contributed by atoms with Gasteiger partial charge in [0.2, 0.25) is 0 Å². The fraction of sp³-hybridized carbons (Fsp3) is 0.900. The lowest BCUT2D eigenvalue weighted by Gasteiger charge is -2.30. The van der Waals surface area contributed by atoms with E-state index >= 15 is 0 Å². The van der Waals surface area contributed by atoms with Gasteiger partial charge >= 0.3 is 5.97 Å². The van der Waals surface area contributed by atoms with E-state index in [1.54, 1.807) is 0 Å². The van der Waals surface area contributed by atoms with Crippen LogP contribution in [0.15, 0.2) is 0 Å². The zero-order valence-corrected chi connectivity index (χ0v) is 11.1. The molecule has 100 valence electrons. The van der Waals surface area contributed by atoms with E-state index in [1.807, 2.05) is 0 Å². The summed E-state index contributed by atoms with van der Waals surface area (Å²) in [5, 5.41) is 8.77. The molecule has 1 heterocycles. The Morgan fingerprint density at radius 3 is 2.35 bits per heavy atom. The minimum atomic E-state index is -3.49. The number of rotatable bonds is 5. The van der Waals surface area contributed by atoms with Crippen LogP contribution < -0.4 is 0 Å². The fourth-order valence-corrected chi connectivity index (χ4v) is 3.38. The second-order valence-corrected chi connectivity index (χ2v) is 6.52. The Morgan fingerprint density at radius 2 is 1.88 bits per heavy atom. The van der Waals surface area contributed by atoms with Gasteiger partial charge in [0.05, 0.1) is 5.92 Å². The molecule has 0 saturated carbocycles. The van der Waals surface area contributed by atoms with Crippen molar-refractivity contribution in [3.63, 3.8) is 0 Å². The van der Waals surface area contributed by atoms with Gasteiger partial charge in [-0.05, 0) is 12.8 Å². The highest BCUT2D eigenvalue weighted by molar-refractivity contribution is 7.86. The number of hydrogen-bond acceptors (Lipinski definition) is 3. The maximum Gasteiger partial charge on any atom is 0.307 e. The first kappa shape index (κ1) is 14.4. The van der Waals surface area contributed by atoms with Crippen LogP contribution in [-0.4, -0.2) is 54.8 Å². The lowest BCUT2D eigenvalue weighted by Crippen LogP contribution is -2.46. The maximum atomic E-state index is 12.1. The Balaban J connectivity index is 2.65. The van der Waals surface area contributed by atoms with Crippen molar-refractivity contribution < 1.29 is 18.3 Å². The lowest BCUT2D eigenvalue weighted by molar-refractivity contribution is -0.141. The SMILES string of the molecule is CC(CN(C)S(=O)(=O)N1CCCCC1)C(=O)O. The van der Waals surface area contributed by atoms with Crippen molar-refractivity contribution in [1.82, 2.24) is 8.61 Å². The molecule has 0 amide bonds. The summed E-state index contributed by atoms with van der Waals surface area (Å²) in [6.07, 6.45) is 2.81. The lowest BCUT2D eigenvalue weighted by atomic mass is 10.2. The molecule has 1 aliphatic rings. The van der Waals surface area contributed by atoms with Crippen LogP contribution in [0.4, 0.5) is 0 Å². The molecule has 1 N–H and O–H groups in total. The minimum Gasteiger partial charge on any atom is -0.481 e. The maximum absolute atomic E-state index is 12.1. The van der Waals surface area contributed by atoms with E-state index in [9.17, 15) is 13.2 Å². The third-order valence-corrected chi connectivity index (χ3v) is 4.94. The molecule has 1 saturated heterocycles. The molecular weight excluding hydrogens is 244 g/mol. The molecule has 1 fully saturated rings. The number of aliphatic carboxylic acids is 1. The number of piperidine rings is 1. The van der Waals surface area contributed by atoms with Crippen LogP contribution >= 0.6 is 0 Å². The first-order valence-corrected chi connectivity index (χ1v) is 7.19. The molecule has 0 aromatic carbocycles. The third-order valence-electron chi connectivity index (χ3n) is 2.99. The average molecular weight is 264 g/mol. The van der Waals surface area contributed by atoms with Crippen molar-refractivity contribution in [1.29, 1.82) is 0 Å². The Kier molecular flexibility index (Phi) is 4.91. The molecule has 0 aromatic heterocycles. The fourth-order valence-electron chi connectivity index (χ4n) is 1.85. The Labute approximate surface area is 102 Å². The van der Waals surface area contributed by atoms with Gasteiger partial charge in [-0.2, -0.15) is 17.0 Å². The first-order valence-electron chi connectivity index (χ1n) is 5.80. The Bertz CT molecular complexity index is 363. The summed E-state index contributed by atoms with van der Waals surface area (Å²) in [7, 11) is -2.05. The van der Waals surface area contributed by atoms with Crippen molar-refractivity contribution >= 4 is 16.2 Å². The number of carbonyl (C=O) groups is 1. The molecular formula is C10H20N2O4S. The molecule has 1 aliphatic heterocycles. The van der Waals surface area contributed by atoms with Gasteiger partial charge in [-0.3, -0.25) is 4.79 Å². The quantitative estimate of drug-likeness (QED) is 0.778. The minimum absolute atomic E-state index is 0.00810. The van der Waals surface area contributed by atoms with Crippen molar-refractivity contribution in [2.45, 2.75) is 26.2 Å². The summed E-state index contributed by atoms with van der Waals surface area (Å²) < 4.78 is 26.8. The molecule has 17 heavy (non-hydrogen) atoms. The largest absolute Gasteiger partial charge is 0.481 e. The van der Waals surface area contributed by atoms with E-state index < -0.39 is 22.1 Å². The smallest absolute Gasteiger partial charge is 0.307 e. The second kappa shape index (κ2) is 5.79. The van der Waals surface area contributed by atoms with Gasteiger partial charge in [0.15, 0.2) is 0 Å². The van der Waals surface area contributed by atoms with Crippen LogP contribution in [0.1, 0.15) is 26.2 Å². The molecule has 6 nitrogen and oxygen atoms in total. The van der Waals surface area contributed by atoms with Crippen molar-refractivity contribution in [2.24, 2.45) is 5.92 Å². The standard InChI is InChI=1S/C10H20N2O4S/c1-9(10(13)14)8-11(2)17(15,16)12-6-4-3-5-7-12/h9H,3-8H2,1-2H3,(H,13,14). The molecule has 7 heteroatoms. The first-order chi connectivity index (χ1) is 7.85. The third kappa shape index (κ3) is 3.65. The van der Waals surface area contributed by atoms with E-state index in [0.717, 1.165) is 23.6 Å². The average Bonchev–Trinajstić information content (AvgIpc) is 2.29. The highest BCUT2D eigenvalue weighted by Gasteiger charge is 2.29. The molecule has 0 aliphatic carbocycles. The number of hydrogen-bond donors (Lipinski definition) is 1. The van der Waals surface area contributed by atoms with E-state index in [4.69, 9.17) is 5.11 Å².